The number of carbonyl (C=O) groups excluding carboxylic acids is 1. The fraction of sp³-hybridized carbons (Fsp3) is 0.286. The molecule has 0 saturated heterocycles. The van der Waals surface area contributed by atoms with Crippen molar-refractivity contribution in [3.05, 3.63) is 47.2 Å². The Kier molecular flexibility index (Phi) is 3.55. The van der Waals surface area contributed by atoms with Gasteiger partial charge < -0.3 is 15.1 Å². The Morgan fingerprint density at radius 3 is 2.63 bits per heavy atom. The fourth-order valence-electron chi connectivity index (χ4n) is 1.91. The molecule has 5 nitrogen and oxygen atoms in total. The second-order valence-corrected chi connectivity index (χ2v) is 4.51. The Balaban J connectivity index is 2.16. The molecule has 0 aliphatic rings. The summed E-state index contributed by atoms with van der Waals surface area (Å²) in [5.41, 5.74) is 8.06. The minimum atomic E-state index is -0.193. The molecule has 0 fully saturated rings. The van der Waals surface area contributed by atoms with E-state index >= 15 is 0 Å². The monoisotopic (exact) mass is 259 g/mol. The van der Waals surface area contributed by atoms with Crippen molar-refractivity contribution in [2.75, 3.05) is 12.8 Å². The first kappa shape index (κ1) is 13.1. The highest BCUT2D eigenvalue weighted by molar-refractivity contribution is 5.92. The Hall–Kier alpha value is -2.30. The first-order chi connectivity index (χ1) is 8.99. The van der Waals surface area contributed by atoms with Crippen molar-refractivity contribution in [3.63, 3.8) is 0 Å². The summed E-state index contributed by atoms with van der Waals surface area (Å²) < 4.78 is 5.33. The van der Waals surface area contributed by atoms with Crippen LogP contribution in [0.1, 0.15) is 27.7 Å². The van der Waals surface area contributed by atoms with E-state index in [4.69, 9.17) is 10.2 Å². The first-order valence-corrected chi connectivity index (χ1v) is 6.02. The molecule has 0 aliphatic carbocycles. The fourth-order valence-corrected chi connectivity index (χ4v) is 1.91. The summed E-state index contributed by atoms with van der Waals surface area (Å²) in [6.07, 6.45) is 0. The van der Waals surface area contributed by atoms with Crippen LogP contribution in [0.4, 0.5) is 5.69 Å². The van der Waals surface area contributed by atoms with Crippen LogP contribution in [0.25, 0.3) is 0 Å². The molecular weight excluding hydrogens is 242 g/mol. The third kappa shape index (κ3) is 2.76. The van der Waals surface area contributed by atoms with E-state index in [1.807, 2.05) is 24.3 Å². The van der Waals surface area contributed by atoms with Crippen LogP contribution >= 0.6 is 0 Å². The largest absolute Gasteiger partial charge is 0.436 e. The van der Waals surface area contributed by atoms with Crippen molar-refractivity contribution in [1.82, 2.24) is 9.88 Å². The lowest BCUT2D eigenvalue weighted by molar-refractivity contribution is 0.0751. The number of para-hydroxylation sites is 1. The van der Waals surface area contributed by atoms with Crippen molar-refractivity contribution in [2.45, 2.75) is 20.4 Å². The maximum atomic E-state index is 12.2. The Morgan fingerprint density at radius 1 is 1.37 bits per heavy atom. The second kappa shape index (κ2) is 5.14. The van der Waals surface area contributed by atoms with Crippen molar-refractivity contribution in [2.24, 2.45) is 0 Å². The van der Waals surface area contributed by atoms with Gasteiger partial charge in [-0.2, -0.15) is 0 Å². The van der Waals surface area contributed by atoms with E-state index in [9.17, 15) is 4.79 Å². The third-order valence-corrected chi connectivity index (χ3v) is 2.91. The minimum absolute atomic E-state index is 0.193. The highest BCUT2D eigenvalue weighted by Gasteiger charge is 2.20. The number of hydrogen-bond donors (Lipinski definition) is 1. The highest BCUT2D eigenvalue weighted by atomic mass is 16.4. The lowest BCUT2D eigenvalue weighted by atomic mass is 10.1. The highest BCUT2D eigenvalue weighted by Crippen LogP contribution is 2.16. The first-order valence-electron chi connectivity index (χ1n) is 6.02. The van der Waals surface area contributed by atoms with E-state index in [1.54, 1.807) is 25.8 Å². The Bertz CT molecular complexity index is 604. The summed E-state index contributed by atoms with van der Waals surface area (Å²) >= 11 is 0. The van der Waals surface area contributed by atoms with Crippen molar-refractivity contribution >= 4 is 11.6 Å². The zero-order chi connectivity index (χ0) is 14.0. The number of nitrogens with zero attached hydrogens (tertiary/aromatic N) is 2. The Morgan fingerprint density at radius 2 is 2.05 bits per heavy atom. The normalized spacial score (nSPS) is 10.5. The third-order valence-electron chi connectivity index (χ3n) is 2.91. The lowest BCUT2D eigenvalue weighted by Crippen LogP contribution is -2.26. The number of hydrogen-bond acceptors (Lipinski definition) is 4. The van der Waals surface area contributed by atoms with Gasteiger partial charge in [0.2, 0.25) is 5.76 Å². The predicted molar refractivity (Wildman–Crippen MR) is 72.6 cm³/mol. The molecule has 1 amide bonds. The van der Waals surface area contributed by atoms with Gasteiger partial charge in [0.15, 0.2) is 5.89 Å². The van der Waals surface area contributed by atoms with Gasteiger partial charge in [-0.1, -0.05) is 18.2 Å². The van der Waals surface area contributed by atoms with Crippen molar-refractivity contribution in [3.8, 4) is 0 Å². The number of oxazole rings is 1. The van der Waals surface area contributed by atoms with Gasteiger partial charge in [0.25, 0.3) is 5.91 Å². The van der Waals surface area contributed by atoms with Crippen LogP contribution in [0.2, 0.25) is 0 Å². The number of aryl methyl sites for hydroxylation is 2. The average molecular weight is 259 g/mol. The van der Waals surface area contributed by atoms with E-state index in [2.05, 4.69) is 4.98 Å². The zero-order valence-corrected chi connectivity index (χ0v) is 11.3. The maximum absolute atomic E-state index is 12.2. The van der Waals surface area contributed by atoms with E-state index in [0.29, 0.717) is 23.8 Å². The van der Waals surface area contributed by atoms with E-state index in [-0.39, 0.29) is 11.7 Å². The summed E-state index contributed by atoms with van der Waals surface area (Å²) in [5.74, 6) is 0.587. The van der Waals surface area contributed by atoms with Gasteiger partial charge in [0.05, 0.1) is 5.69 Å². The number of rotatable bonds is 3. The molecule has 100 valence electrons. The molecule has 0 unspecified atom stereocenters. The number of anilines is 1. The molecule has 5 heteroatoms. The summed E-state index contributed by atoms with van der Waals surface area (Å²) in [5, 5.41) is 0. The van der Waals surface area contributed by atoms with Crippen LogP contribution in [0.3, 0.4) is 0 Å². The molecule has 0 spiro atoms. The second-order valence-electron chi connectivity index (χ2n) is 4.51. The molecule has 1 aromatic carbocycles. The molecular formula is C14H17N3O2. The SMILES string of the molecule is Cc1nc(C)c(C(=O)N(C)Cc2ccccc2N)o1. The van der Waals surface area contributed by atoms with Gasteiger partial charge in [-0.05, 0) is 18.6 Å². The van der Waals surface area contributed by atoms with Gasteiger partial charge in [-0.3, -0.25) is 4.79 Å². The Labute approximate surface area is 112 Å². The molecule has 0 saturated carbocycles. The summed E-state index contributed by atoms with van der Waals surface area (Å²) in [4.78, 5) is 17.9. The molecule has 0 radical (unpaired) electrons. The average Bonchev–Trinajstić information content (AvgIpc) is 2.70. The quantitative estimate of drug-likeness (QED) is 0.857. The molecule has 1 aromatic heterocycles. The van der Waals surface area contributed by atoms with E-state index < -0.39 is 0 Å². The van der Waals surface area contributed by atoms with Gasteiger partial charge in [0.1, 0.15) is 0 Å². The summed E-state index contributed by atoms with van der Waals surface area (Å²) in [7, 11) is 1.71. The number of nitrogens with two attached hydrogens (primary N) is 1. The van der Waals surface area contributed by atoms with Gasteiger partial charge in [-0.25, -0.2) is 4.98 Å². The summed E-state index contributed by atoms with van der Waals surface area (Å²) in [6.45, 7) is 3.91. The molecule has 0 bridgehead atoms. The van der Waals surface area contributed by atoms with Crippen molar-refractivity contribution in [1.29, 1.82) is 0 Å². The van der Waals surface area contributed by atoms with Crippen LogP contribution in [-0.4, -0.2) is 22.8 Å². The molecule has 0 atom stereocenters. The molecule has 2 N–H and O–H groups in total. The smallest absolute Gasteiger partial charge is 0.291 e. The van der Waals surface area contributed by atoms with Gasteiger partial charge in [-0.15, -0.1) is 0 Å². The minimum Gasteiger partial charge on any atom is -0.436 e. The standard InChI is InChI=1S/C14H17N3O2/c1-9-13(19-10(2)16-9)14(18)17(3)8-11-6-4-5-7-12(11)15/h4-7H,8,15H2,1-3H3. The zero-order valence-electron chi connectivity index (χ0n) is 11.3. The number of benzene rings is 1. The predicted octanol–water partition coefficient (Wildman–Crippen LogP) is 2.15. The topological polar surface area (TPSA) is 72.4 Å². The number of aromatic nitrogens is 1. The molecule has 19 heavy (non-hydrogen) atoms. The van der Waals surface area contributed by atoms with E-state index in [0.717, 1.165) is 5.56 Å². The number of carbonyl (C=O) groups is 1. The molecule has 2 aromatic rings. The maximum Gasteiger partial charge on any atom is 0.291 e. The molecule has 2 rings (SSSR count). The molecule has 1 heterocycles. The van der Waals surface area contributed by atoms with Crippen LogP contribution in [0.15, 0.2) is 28.7 Å². The lowest BCUT2D eigenvalue weighted by Gasteiger charge is -2.17. The van der Waals surface area contributed by atoms with Gasteiger partial charge >= 0.3 is 0 Å². The number of nitrogen functional groups attached to an aromatic ring is 1. The van der Waals surface area contributed by atoms with Crippen LogP contribution in [0.5, 0.6) is 0 Å². The van der Waals surface area contributed by atoms with Crippen LogP contribution in [0, 0.1) is 13.8 Å². The number of amides is 1. The molecule has 0 aliphatic heterocycles. The van der Waals surface area contributed by atoms with Crippen LogP contribution < -0.4 is 5.73 Å². The summed E-state index contributed by atoms with van der Waals surface area (Å²) in [6, 6.07) is 7.48. The van der Waals surface area contributed by atoms with Crippen molar-refractivity contribution < 1.29 is 9.21 Å². The van der Waals surface area contributed by atoms with E-state index in [1.165, 1.54) is 0 Å². The van der Waals surface area contributed by atoms with Crippen LogP contribution in [-0.2, 0) is 6.54 Å². The van der Waals surface area contributed by atoms with Gasteiger partial charge in [0, 0.05) is 26.2 Å².